The van der Waals surface area contributed by atoms with E-state index in [1.807, 2.05) is 32.0 Å². The molecule has 0 bridgehead atoms. The highest BCUT2D eigenvalue weighted by molar-refractivity contribution is 8.01. The van der Waals surface area contributed by atoms with Gasteiger partial charge >= 0.3 is 0 Å². The summed E-state index contributed by atoms with van der Waals surface area (Å²) in [4.78, 5) is 13.7. The molecule has 1 aromatic rings. The molecule has 17 heavy (non-hydrogen) atoms. The highest BCUT2D eigenvalue weighted by Crippen LogP contribution is 2.42. The molecule has 92 valence electrons. The van der Waals surface area contributed by atoms with E-state index in [0.29, 0.717) is 6.54 Å². The number of aliphatic hydroxyl groups is 1. The minimum absolute atomic E-state index is 0.0152. The van der Waals surface area contributed by atoms with Crippen LogP contribution in [0.3, 0.4) is 0 Å². The first-order valence-electron chi connectivity index (χ1n) is 5.77. The van der Waals surface area contributed by atoms with Crippen LogP contribution in [0.15, 0.2) is 24.3 Å². The summed E-state index contributed by atoms with van der Waals surface area (Å²) in [5.41, 5.74) is 2.33. The zero-order valence-electron chi connectivity index (χ0n) is 10.1. The van der Waals surface area contributed by atoms with E-state index in [2.05, 4.69) is 6.07 Å². The van der Waals surface area contributed by atoms with E-state index in [9.17, 15) is 4.79 Å². The molecule has 1 saturated heterocycles. The van der Waals surface area contributed by atoms with Crippen LogP contribution in [0.2, 0.25) is 0 Å². The summed E-state index contributed by atoms with van der Waals surface area (Å²) in [6, 6.07) is 8.20. The monoisotopic (exact) mass is 251 g/mol. The van der Waals surface area contributed by atoms with Gasteiger partial charge in [0.05, 0.1) is 11.9 Å². The zero-order chi connectivity index (χ0) is 12.4. The van der Waals surface area contributed by atoms with Gasteiger partial charge in [-0.05, 0) is 19.4 Å². The third kappa shape index (κ3) is 2.48. The maximum atomic E-state index is 12.0. The molecule has 1 fully saturated rings. The van der Waals surface area contributed by atoms with E-state index in [1.54, 1.807) is 16.7 Å². The number of hydrogen-bond acceptors (Lipinski definition) is 3. The van der Waals surface area contributed by atoms with Gasteiger partial charge in [0.15, 0.2) is 0 Å². The standard InChI is InChI=1S/C13H17NO2S/c1-9-4-3-5-11(8-9)13-14(6-7-15)12(16)10(2)17-13/h3-5,8,10,13,15H,6-7H2,1-2H3/t10-,13-/m1/s1. The second-order valence-corrected chi connectivity index (χ2v) is 5.73. The first-order chi connectivity index (χ1) is 8.13. The molecule has 4 heteroatoms. The molecule has 0 aromatic heterocycles. The van der Waals surface area contributed by atoms with Crippen molar-refractivity contribution in [1.29, 1.82) is 0 Å². The number of carbonyl (C=O) groups is 1. The van der Waals surface area contributed by atoms with E-state index in [4.69, 9.17) is 5.11 Å². The molecule has 1 aromatic carbocycles. The van der Waals surface area contributed by atoms with E-state index in [0.717, 1.165) is 5.56 Å². The normalized spacial score (nSPS) is 24.4. The number of thioether (sulfide) groups is 1. The number of β-amino-alcohol motifs (C(OH)–C–C–N with tert-alkyl or cyclic N) is 1. The average Bonchev–Trinajstić information content (AvgIpc) is 2.58. The predicted octanol–water partition coefficient (Wildman–Crippen LogP) is 1.95. The molecule has 0 saturated carbocycles. The molecular formula is C13H17NO2S. The van der Waals surface area contributed by atoms with Gasteiger partial charge in [-0.25, -0.2) is 0 Å². The maximum Gasteiger partial charge on any atom is 0.236 e. The van der Waals surface area contributed by atoms with Crippen LogP contribution >= 0.6 is 11.8 Å². The molecule has 2 rings (SSSR count). The van der Waals surface area contributed by atoms with Gasteiger partial charge in [-0.15, -0.1) is 11.8 Å². The number of nitrogens with zero attached hydrogens (tertiary/aromatic N) is 1. The molecule has 0 spiro atoms. The summed E-state index contributed by atoms with van der Waals surface area (Å²) in [7, 11) is 0. The quantitative estimate of drug-likeness (QED) is 0.892. The van der Waals surface area contributed by atoms with Crippen molar-refractivity contribution in [1.82, 2.24) is 4.90 Å². The number of carbonyl (C=O) groups excluding carboxylic acids is 1. The molecule has 1 N–H and O–H groups in total. The maximum absolute atomic E-state index is 12.0. The van der Waals surface area contributed by atoms with Crippen molar-refractivity contribution in [3.05, 3.63) is 35.4 Å². The molecule has 0 unspecified atom stereocenters. The summed E-state index contributed by atoms with van der Waals surface area (Å²) in [6.07, 6.45) is 0. The lowest BCUT2D eigenvalue weighted by molar-refractivity contribution is -0.130. The van der Waals surface area contributed by atoms with Gasteiger partial charge in [-0.2, -0.15) is 0 Å². The summed E-state index contributed by atoms with van der Waals surface area (Å²) in [6.45, 7) is 4.40. The summed E-state index contributed by atoms with van der Waals surface area (Å²) < 4.78 is 0. The van der Waals surface area contributed by atoms with Crippen LogP contribution in [0.4, 0.5) is 0 Å². The number of rotatable bonds is 3. The molecule has 1 amide bonds. The van der Waals surface area contributed by atoms with E-state index in [1.165, 1.54) is 5.56 Å². The topological polar surface area (TPSA) is 40.5 Å². The van der Waals surface area contributed by atoms with Crippen LogP contribution in [-0.4, -0.2) is 34.3 Å². The minimum Gasteiger partial charge on any atom is -0.395 e. The Kier molecular flexibility index (Phi) is 3.74. The summed E-state index contributed by atoms with van der Waals surface area (Å²) >= 11 is 1.65. The van der Waals surface area contributed by atoms with Crippen LogP contribution in [0, 0.1) is 6.92 Å². The molecule has 1 aliphatic rings. The molecule has 0 aliphatic carbocycles. The van der Waals surface area contributed by atoms with E-state index in [-0.39, 0.29) is 23.1 Å². The Morgan fingerprint density at radius 2 is 2.24 bits per heavy atom. The smallest absolute Gasteiger partial charge is 0.236 e. The van der Waals surface area contributed by atoms with Gasteiger partial charge in [-0.3, -0.25) is 4.79 Å². The number of aryl methyl sites for hydroxylation is 1. The fourth-order valence-corrected chi connectivity index (χ4v) is 3.39. The van der Waals surface area contributed by atoms with Crippen LogP contribution in [-0.2, 0) is 4.79 Å². The molecule has 0 radical (unpaired) electrons. The number of hydrogen-bond donors (Lipinski definition) is 1. The number of amides is 1. The SMILES string of the molecule is Cc1cccc([C@H]2S[C@H](C)C(=O)N2CCO)c1. The Labute approximate surface area is 106 Å². The summed E-state index contributed by atoms with van der Waals surface area (Å²) in [5.74, 6) is 0.121. The van der Waals surface area contributed by atoms with Crippen molar-refractivity contribution in [2.24, 2.45) is 0 Å². The van der Waals surface area contributed by atoms with E-state index < -0.39 is 0 Å². The van der Waals surface area contributed by atoms with Crippen molar-refractivity contribution < 1.29 is 9.90 Å². The Morgan fingerprint density at radius 1 is 1.47 bits per heavy atom. The molecular weight excluding hydrogens is 234 g/mol. The Hall–Kier alpha value is -1.00. The zero-order valence-corrected chi connectivity index (χ0v) is 10.9. The third-order valence-corrected chi connectivity index (χ3v) is 4.31. The van der Waals surface area contributed by atoms with Crippen LogP contribution in [0.25, 0.3) is 0 Å². The highest BCUT2D eigenvalue weighted by atomic mass is 32.2. The minimum atomic E-state index is -0.0212. The first kappa shape index (κ1) is 12.5. The lowest BCUT2D eigenvalue weighted by atomic mass is 10.1. The van der Waals surface area contributed by atoms with Crippen LogP contribution < -0.4 is 0 Å². The van der Waals surface area contributed by atoms with Crippen molar-refractivity contribution >= 4 is 17.7 Å². The summed E-state index contributed by atoms with van der Waals surface area (Å²) in [5, 5.41) is 9.07. The predicted molar refractivity (Wildman–Crippen MR) is 69.8 cm³/mol. The Morgan fingerprint density at radius 3 is 2.88 bits per heavy atom. The average molecular weight is 251 g/mol. The fourth-order valence-electron chi connectivity index (χ4n) is 2.09. The van der Waals surface area contributed by atoms with Gasteiger partial charge in [-0.1, -0.05) is 29.8 Å². The largest absolute Gasteiger partial charge is 0.395 e. The van der Waals surface area contributed by atoms with Crippen LogP contribution in [0.1, 0.15) is 23.4 Å². The van der Waals surface area contributed by atoms with Gasteiger partial charge in [0.2, 0.25) is 5.91 Å². The van der Waals surface area contributed by atoms with Crippen molar-refractivity contribution in [3.8, 4) is 0 Å². The lowest BCUT2D eigenvalue weighted by Gasteiger charge is -2.23. The Bertz CT molecular complexity index is 422. The fraction of sp³-hybridized carbons (Fsp3) is 0.462. The van der Waals surface area contributed by atoms with Crippen LogP contribution in [0.5, 0.6) is 0 Å². The van der Waals surface area contributed by atoms with E-state index >= 15 is 0 Å². The van der Waals surface area contributed by atoms with Gasteiger partial charge < -0.3 is 10.0 Å². The number of benzene rings is 1. The lowest BCUT2D eigenvalue weighted by Crippen LogP contribution is -2.32. The highest BCUT2D eigenvalue weighted by Gasteiger charge is 2.37. The molecule has 2 atom stereocenters. The second-order valence-electron chi connectivity index (χ2n) is 4.30. The molecule has 3 nitrogen and oxygen atoms in total. The second kappa shape index (κ2) is 5.10. The third-order valence-electron chi connectivity index (χ3n) is 2.92. The van der Waals surface area contributed by atoms with Gasteiger partial charge in [0, 0.05) is 6.54 Å². The first-order valence-corrected chi connectivity index (χ1v) is 6.71. The van der Waals surface area contributed by atoms with Gasteiger partial charge in [0.1, 0.15) is 5.37 Å². The van der Waals surface area contributed by atoms with Crippen molar-refractivity contribution in [2.45, 2.75) is 24.5 Å². The number of aliphatic hydroxyl groups excluding tert-OH is 1. The molecule has 1 aliphatic heterocycles. The molecule has 1 heterocycles. The van der Waals surface area contributed by atoms with Crippen molar-refractivity contribution in [2.75, 3.05) is 13.2 Å². The Balaban J connectivity index is 2.27. The van der Waals surface area contributed by atoms with Gasteiger partial charge in [0.25, 0.3) is 0 Å². The van der Waals surface area contributed by atoms with Crippen molar-refractivity contribution in [3.63, 3.8) is 0 Å².